The summed E-state index contributed by atoms with van der Waals surface area (Å²) in [5, 5.41) is 0. The van der Waals surface area contributed by atoms with E-state index in [0.29, 0.717) is 11.3 Å². The number of thioether (sulfide) groups is 1. The van der Waals surface area contributed by atoms with Crippen LogP contribution in [0.2, 0.25) is 0 Å². The molecule has 0 heterocycles. The average Bonchev–Trinajstić information content (AvgIpc) is 2.39. The molecule has 0 fully saturated rings. The molecule has 0 saturated heterocycles. The number of amides is 1. The monoisotopic (exact) mass is 300 g/mol. The average molecular weight is 300 g/mol. The maximum Gasteiger partial charge on any atom is 0.248 e. The lowest BCUT2D eigenvalue weighted by molar-refractivity contribution is 0.100. The molecule has 0 saturated carbocycles. The smallest absolute Gasteiger partial charge is 0.248 e. The fourth-order valence-electron chi connectivity index (χ4n) is 2.31. The Morgan fingerprint density at radius 1 is 1.05 bits per heavy atom. The quantitative estimate of drug-likeness (QED) is 0.831. The summed E-state index contributed by atoms with van der Waals surface area (Å²) in [6.07, 6.45) is 0. The number of primary amides is 1. The van der Waals surface area contributed by atoms with Crippen molar-refractivity contribution in [3.8, 4) is 0 Å². The molecule has 4 N–H and O–H groups in total. The lowest BCUT2D eigenvalue weighted by Crippen LogP contribution is -2.11. The van der Waals surface area contributed by atoms with Crippen LogP contribution < -0.4 is 11.5 Å². The number of carbonyl (C=O) groups is 1. The number of anilines is 1. The summed E-state index contributed by atoms with van der Waals surface area (Å²) in [7, 11) is 0. The van der Waals surface area contributed by atoms with Crippen molar-refractivity contribution in [2.45, 2.75) is 25.4 Å². The second kappa shape index (κ2) is 6.68. The molecule has 0 radical (unpaired) electrons. The van der Waals surface area contributed by atoms with Crippen LogP contribution in [-0.2, 0) is 11.5 Å². The molecule has 0 bridgehead atoms. The van der Waals surface area contributed by atoms with Crippen molar-refractivity contribution in [1.29, 1.82) is 0 Å². The highest BCUT2D eigenvalue weighted by atomic mass is 32.2. The first kappa shape index (κ1) is 15.4. The van der Waals surface area contributed by atoms with Crippen molar-refractivity contribution in [3.63, 3.8) is 0 Å². The molecule has 0 aliphatic rings. The molecule has 0 unspecified atom stereocenters. The third-order valence-electron chi connectivity index (χ3n) is 3.24. The molecule has 2 aromatic carbocycles. The molecule has 0 aliphatic heterocycles. The molecule has 0 aliphatic carbocycles. The van der Waals surface area contributed by atoms with Crippen LogP contribution in [0.4, 0.5) is 5.69 Å². The maximum atomic E-state index is 11.1. The van der Waals surface area contributed by atoms with Gasteiger partial charge in [0.15, 0.2) is 0 Å². The van der Waals surface area contributed by atoms with Crippen LogP contribution in [0, 0.1) is 13.8 Å². The van der Waals surface area contributed by atoms with E-state index in [4.69, 9.17) is 11.5 Å². The van der Waals surface area contributed by atoms with Gasteiger partial charge < -0.3 is 11.5 Å². The van der Waals surface area contributed by atoms with Crippen molar-refractivity contribution >= 4 is 23.4 Å². The first-order chi connectivity index (χ1) is 9.95. The SMILES string of the molecule is Cc1cc(C)cc(CSCc2ccc(C(N)=O)cc2N)c1. The summed E-state index contributed by atoms with van der Waals surface area (Å²) in [5.74, 6) is 1.31. The highest BCUT2D eigenvalue weighted by molar-refractivity contribution is 7.97. The zero-order chi connectivity index (χ0) is 15.4. The largest absolute Gasteiger partial charge is 0.398 e. The first-order valence-electron chi connectivity index (χ1n) is 6.79. The van der Waals surface area contributed by atoms with Gasteiger partial charge in [0.25, 0.3) is 0 Å². The zero-order valence-electron chi connectivity index (χ0n) is 12.3. The van der Waals surface area contributed by atoms with Crippen LogP contribution in [-0.4, -0.2) is 5.91 Å². The third kappa shape index (κ3) is 4.26. The minimum atomic E-state index is -0.448. The van der Waals surface area contributed by atoms with Gasteiger partial charge in [0.1, 0.15) is 0 Å². The van der Waals surface area contributed by atoms with Crippen LogP contribution in [0.3, 0.4) is 0 Å². The summed E-state index contributed by atoms with van der Waals surface area (Å²) in [5.41, 5.74) is 17.2. The van der Waals surface area contributed by atoms with Gasteiger partial charge in [-0.3, -0.25) is 4.79 Å². The topological polar surface area (TPSA) is 69.1 Å². The fraction of sp³-hybridized carbons (Fsp3) is 0.235. The van der Waals surface area contributed by atoms with E-state index < -0.39 is 5.91 Å². The number of hydrogen-bond acceptors (Lipinski definition) is 3. The van der Waals surface area contributed by atoms with Crippen LogP contribution in [0.1, 0.15) is 32.6 Å². The molecule has 0 atom stereocenters. The maximum absolute atomic E-state index is 11.1. The summed E-state index contributed by atoms with van der Waals surface area (Å²) in [4.78, 5) is 11.1. The molecule has 4 heteroatoms. The third-order valence-corrected chi connectivity index (χ3v) is 4.29. The molecule has 2 aromatic rings. The van der Waals surface area contributed by atoms with Crippen LogP contribution in [0.25, 0.3) is 0 Å². The minimum Gasteiger partial charge on any atom is -0.398 e. The van der Waals surface area contributed by atoms with Gasteiger partial charge in [-0.2, -0.15) is 11.8 Å². The van der Waals surface area contributed by atoms with E-state index in [9.17, 15) is 4.79 Å². The lowest BCUT2D eigenvalue weighted by atomic mass is 10.1. The molecule has 0 spiro atoms. The molecule has 1 amide bonds. The Labute approximate surface area is 129 Å². The van der Waals surface area contributed by atoms with Crippen molar-refractivity contribution in [1.82, 2.24) is 0 Å². The molecule has 0 aromatic heterocycles. The Kier molecular flexibility index (Phi) is 4.91. The van der Waals surface area contributed by atoms with E-state index in [1.807, 2.05) is 17.8 Å². The van der Waals surface area contributed by atoms with Crippen molar-refractivity contribution in [3.05, 3.63) is 64.2 Å². The Morgan fingerprint density at radius 3 is 2.29 bits per heavy atom. The Hall–Kier alpha value is -1.94. The Morgan fingerprint density at radius 2 is 1.71 bits per heavy atom. The van der Waals surface area contributed by atoms with E-state index >= 15 is 0 Å². The van der Waals surface area contributed by atoms with Gasteiger partial charge in [-0.15, -0.1) is 0 Å². The van der Waals surface area contributed by atoms with E-state index in [2.05, 4.69) is 32.0 Å². The molecular formula is C17H20N2OS. The number of benzene rings is 2. The number of aryl methyl sites for hydroxylation is 2. The number of carbonyl (C=O) groups excluding carboxylic acids is 1. The highest BCUT2D eigenvalue weighted by Crippen LogP contribution is 2.23. The van der Waals surface area contributed by atoms with Gasteiger partial charge in [0.05, 0.1) is 0 Å². The summed E-state index contributed by atoms with van der Waals surface area (Å²) in [6, 6.07) is 11.8. The fourth-order valence-corrected chi connectivity index (χ4v) is 3.30. The predicted molar refractivity (Wildman–Crippen MR) is 90.3 cm³/mol. The number of hydrogen-bond donors (Lipinski definition) is 2. The van der Waals surface area contributed by atoms with Gasteiger partial charge in [0, 0.05) is 22.8 Å². The molecule has 2 rings (SSSR count). The van der Waals surface area contributed by atoms with Crippen LogP contribution in [0.5, 0.6) is 0 Å². The van der Waals surface area contributed by atoms with Gasteiger partial charge in [-0.05, 0) is 37.1 Å². The molecular weight excluding hydrogens is 280 g/mol. The second-order valence-electron chi connectivity index (χ2n) is 5.27. The summed E-state index contributed by atoms with van der Waals surface area (Å²) < 4.78 is 0. The van der Waals surface area contributed by atoms with Gasteiger partial charge in [0.2, 0.25) is 5.91 Å². The first-order valence-corrected chi connectivity index (χ1v) is 7.94. The van der Waals surface area contributed by atoms with E-state index in [1.54, 1.807) is 12.1 Å². The standard InChI is InChI=1S/C17H20N2OS/c1-11-5-12(2)7-13(6-11)9-21-10-15-4-3-14(17(19)20)8-16(15)18/h3-8H,9-10,18H2,1-2H3,(H2,19,20). The number of rotatable bonds is 5. The van der Waals surface area contributed by atoms with E-state index in [0.717, 1.165) is 17.1 Å². The van der Waals surface area contributed by atoms with Gasteiger partial charge in [-0.1, -0.05) is 35.4 Å². The number of nitrogens with two attached hydrogens (primary N) is 2. The molecule has 3 nitrogen and oxygen atoms in total. The summed E-state index contributed by atoms with van der Waals surface area (Å²) >= 11 is 1.81. The highest BCUT2D eigenvalue weighted by Gasteiger charge is 2.05. The second-order valence-corrected chi connectivity index (χ2v) is 6.25. The minimum absolute atomic E-state index is 0.448. The van der Waals surface area contributed by atoms with Crippen molar-refractivity contribution in [2.24, 2.45) is 5.73 Å². The zero-order valence-corrected chi connectivity index (χ0v) is 13.2. The van der Waals surface area contributed by atoms with Crippen molar-refractivity contribution < 1.29 is 4.79 Å². The predicted octanol–water partition coefficient (Wildman–Crippen LogP) is 3.42. The van der Waals surface area contributed by atoms with E-state index in [1.165, 1.54) is 16.7 Å². The van der Waals surface area contributed by atoms with Crippen molar-refractivity contribution in [2.75, 3.05) is 5.73 Å². The normalized spacial score (nSPS) is 10.6. The Balaban J connectivity index is 1.98. The van der Waals surface area contributed by atoms with Gasteiger partial charge in [-0.25, -0.2) is 0 Å². The number of nitrogen functional groups attached to an aromatic ring is 1. The molecule has 21 heavy (non-hydrogen) atoms. The van der Waals surface area contributed by atoms with Crippen LogP contribution in [0.15, 0.2) is 36.4 Å². The van der Waals surface area contributed by atoms with Crippen LogP contribution >= 0.6 is 11.8 Å². The lowest BCUT2D eigenvalue weighted by Gasteiger charge is -2.08. The van der Waals surface area contributed by atoms with E-state index in [-0.39, 0.29) is 0 Å². The Bertz CT molecular complexity index is 648. The summed E-state index contributed by atoms with van der Waals surface area (Å²) in [6.45, 7) is 4.23. The molecule has 110 valence electrons. The van der Waals surface area contributed by atoms with Gasteiger partial charge >= 0.3 is 0 Å².